The lowest BCUT2D eigenvalue weighted by Crippen LogP contribution is -2.02. The number of anilines is 3. The summed E-state index contributed by atoms with van der Waals surface area (Å²) in [4.78, 5) is 8.75. The second kappa shape index (κ2) is 5.54. The maximum absolute atomic E-state index is 13.5. The van der Waals surface area contributed by atoms with E-state index in [-0.39, 0.29) is 5.02 Å². The van der Waals surface area contributed by atoms with Crippen LogP contribution in [0.15, 0.2) is 42.5 Å². The highest BCUT2D eigenvalue weighted by atomic mass is 35.5. The first-order chi connectivity index (χ1) is 10.2. The third kappa shape index (κ3) is 2.73. The molecule has 0 aliphatic rings. The molecule has 0 amide bonds. The smallest absolute Gasteiger partial charge is 0.224 e. The fourth-order valence-electron chi connectivity index (χ4n) is 1.99. The van der Waals surface area contributed by atoms with E-state index < -0.39 is 5.82 Å². The van der Waals surface area contributed by atoms with Gasteiger partial charge >= 0.3 is 0 Å². The minimum atomic E-state index is -0.478. The van der Waals surface area contributed by atoms with Gasteiger partial charge < -0.3 is 10.6 Å². The molecule has 0 atom stereocenters. The monoisotopic (exact) mass is 302 g/mol. The molecule has 0 aliphatic heterocycles. The Bertz CT molecular complexity index is 807. The lowest BCUT2D eigenvalue weighted by molar-refractivity contribution is 0.629. The predicted molar refractivity (Wildman–Crippen MR) is 83.8 cm³/mol. The Morgan fingerprint density at radius 1 is 1.10 bits per heavy atom. The molecule has 0 aliphatic carbocycles. The molecule has 2 N–H and O–H groups in total. The lowest BCUT2D eigenvalue weighted by Gasteiger charge is -2.11. The summed E-state index contributed by atoms with van der Waals surface area (Å²) in [7, 11) is 1.75. The number of hydrogen-bond donors (Lipinski definition) is 2. The molecule has 1 heterocycles. The zero-order valence-electron chi connectivity index (χ0n) is 11.2. The molecule has 0 saturated carbocycles. The standard InChI is InChI=1S/C15H12ClFN4/c1-18-15-20-13-5-3-2-4-10(13)14(21-15)19-9-6-7-11(16)12(17)8-9/h2-8H,1H3,(H2,18,19,20,21). The maximum Gasteiger partial charge on any atom is 0.224 e. The van der Waals surface area contributed by atoms with Crippen molar-refractivity contribution in [2.24, 2.45) is 0 Å². The molecular weight excluding hydrogens is 291 g/mol. The Morgan fingerprint density at radius 3 is 2.67 bits per heavy atom. The minimum Gasteiger partial charge on any atom is -0.357 e. The van der Waals surface area contributed by atoms with E-state index in [4.69, 9.17) is 11.6 Å². The third-order valence-corrected chi connectivity index (χ3v) is 3.32. The van der Waals surface area contributed by atoms with E-state index in [0.717, 1.165) is 10.9 Å². The van der Waals surface area contributed by atoms with Crippen molar-refractivity contribution in [2.45, 2.75) is 0 Å². The Morgan fingerprint density at radius 2 is 1.90 bits per heavy atom. The van der Waals surface area contributed by atoms with Gasteiger partial charge in [0.05, 0.1) is 10.5 Å². The van der Waals surface area contributed by atoms with Gasteiger partial charge in [0, 0.05) is 18.1 Å². The highest BCUT2D eigenvalue weighted by molar-refractivity contribution is 6.30. The van der Waals surface area contributed by atoms with E-state index in [2.05, 4.69) is 20.6 Å². The average Bonchev–Trinajstić information content (AvgIpc) is 2.51. The fourth-order valence-corrected chi connectivity index (χ4v) is 2.11. The van der Waals surface area contributed by atoms with Gasteiger partial charge in [-0.05, 0) is 30.3 Å². The van der Waals surface area contributed by atoms with Crippen LogP contribution in [-0.4, -0.2) is 17.0 Å². The molecule has 6 heteroatoms. The second-order valence-electron chi connectivity index (χ2n) is 4.42. The number of aromatic nitrogens is 2. The first-order valence-electron chi connectivity index (χ1n) is 6.34. The molecule has 4 nitrogen and oxygen atoms in total. The van der Waals surface area contributed by atoms with Gasteiger partial charge in [0.15, 0.2) is 0 Å². The third-order valence-electron chi connectivity index (χ3n) is 3.01. The normalized spacial score (nSPS) is 10.6. The van der Waals surface area contributed by atoms with Gasteiger partial charge in [0.1, 0.15) is 11.6 Å². The number of fused-ring (bicyclic) bond motifs is 1. The summed E-state index contributed by atoms with van der Waals surface area (Å²) in [6, 6.07) is 12.1. The summed E-state index contributed by atoms with van der Waals surface area (Å²) in [5.41, 5.74) is 1.37. The van der Waals surface area contributed by atoms with Crippen molar-refractivity contribution >= 4 is 40.0 Å². The van der Waals surface area contributed by atoms with Crippen LogP contribution in [-0.2, 0) is 0 Å². The number of nitrogens with zero attached hydrogens (tertiary/aromatic N) is 2. The zero-order chi connectivity index (χ0) is 14.8. The number of halogens is 2. The second-order valence-corrected chi connectivity index (χ2v) is 4.82. The van der Waals surface area contributed by atoms with Gasteiger partial charge in [-0.1, -0.05) is 23.7 Å². The largest absolute Gasteiger partial charge is 0.357 e. The molecule has 0 saturated heterocycles. The summed E-state index contributed by atoms with van der Waals surface area (Å²) >= 11 is 5.69. The number of nitrogens with one attached hydrogen (secondary N) is 2. The van der Waals surface area contributed by atoms with Crippen molar-refractivity contribution in [2.75, 3.05) is 17.7 Å². The Kier molecular flexibility index (Phi) is 3.58. The topological polar surface area (TPSA) is 49.8 Å². The van der Waals surface area contributed by atoms with Crippen LogP contribution < -0.4 is 10.6 Å². The Labute approximate surface area is 126 Å². The molecular formula is C15H12ClFN4. The summed E-state index contributed by atoms with van der Waals surface area (Å²) in [5, 5.41) is 6.95. The Balaban J connectivity index is 2.08. The van der Waals surface area contributed by atoms with Gasteiger partial charge in [0.2, 0.25) is 5.95 Å². The van der Waals surface area contributed by atoms with Gasteiger partial charge in [-0.2, -0.15) is 4.98 Å². The molecule has 0 fully saturated rings. The molecule has 0 spiro atoms. The van der Waals surface area contributed by atoms with E-state index in [9.17, 15) is 4.39 Å². The van der Waals surface area contributed by atoms with Crippen molar-refractivity contribution in [3.63, 3.8) is 0 Å². The molecule has 0 unspecified atom stereocenters. The maximum atomic E-state index is 13.5. The van der Waals surface area contributed by atoms with Crippen LogP contribution in [0.2, 0.25) is 5.02 Å². The van der Waals surface area contributed by atoms with Crippen LogP contribution in [0.4, 0.5) is 21.8 Å². The molecule has 3 aromatic rings. The quantitative estimate of drug-likeness (QED) is 0.761. The molecule has 106 valence electrons. The van der Waals surface area contributed by atoms with Crippen LogP contribution in [0, 0.1) is 5.82 Å². The van der Waals surface area contributed by atoms with E-state index >= 15 is 0 Å². The van der Waals surface area contributed by atoms with Crippen molar-refractivity contribution in [1.29, 1.82) is 0 Å². The van der Waals surface area contributed by atoms with Crippen molar-refractivity contribution in [3.8, 4) is 0 Å². The van der Waals surface area contributed by atoms with Crippen LogP contribution in [0.25, 0.3) is 10.9 Å². The fraction of sp³-hybridized carbons (Fsp3) is 0.0667. The number of hydrogen-bond acceptors (Lipinski definition) is 4. The van der Waals surface area contributed by atoms with E-state index in [1.165, 1.54) is 12.1 Å². The molecule has 2 aromatic carbocycles. The van der Waals surface area contributed by atoms with Crippen LogP contribution >= 0.6 is 11.6 Å². The molecule has 21 heavy (non-hydrogen) atoms. The van der Waals surface area contributed by atoms with E-state index in [1.54, 1.807) is 13.1 Å². The number of para-hydroxylation sites is 1. The number of rotatable bonds is 3. The van der Waals surface area contributed by atoms with Crippen molar-refractivity contribution in [1.82, 2.24) is 9.97 Å². The van der Waals surface area contributed by atoms with Gasteiger partial charge in [-0.15, -0.1) is 0 Å². The van der Waals surface area contributed by atoms with E-state index in [0.29, 0.717) is 17.5 Å². The SMILES string of the molecule is CNc1nc(Nc2ccc(Cl)c(F)c2)c2ccccc2n1. The van der Waals surface area contributed by atoms with E-state index in [1.807, 2.05) is 24.3 Å². The molecule has 0 bridgehead atoms. The van der Waals surface area contributed by atoms with Crippen molar-refractivity contribution in [3.05, 3.63) is 53.3 Å². The van der Waals surface area contributed by atoms with Gasteiger partial charge in [-0.25, -0.2) is 9.37 Å². The first-order valence-corrected chi connectivity index (χ1v) is 6.72. The summed E-state index contributed by atoms with van der Waals surface area (Å²) in [6.45, 7) is 0. The van der Waals surface area contributed by atoms with Crippen LogP contribution in [0.3, 0.4) is 0 Å². The number of benzene rings is 2. The highest BCUT2D eigenvalue weighted by Gasteiger charge is 2.08. The summed E-state index contributed by atoms with van der Waals surface area (Å²) in [6.07, 6.45) is 0. The molecule has 1 aromatic heterocycles. The van der Waals surface area contributed by atoms with Crippen LogP contribution in [0.5, 0.6) is 0 Å². The first kappa shape index (κ1) is 13.6. The minimum absolute atomic E-state index is 0.0870. The predicted octanol–water partition coefficient (Wildman–Crippen LogP) is 4.21. The average molecular weight is 303 g/mol. The highest BCUT2D eigenvalue weighted by Crippen LogP contribution is 2.26. The van der Waals surface area contributed by atoms with Gasteiger partial charge in [0.25, 0.3) is 0 Å². The lowest BCUT2D eigenvalue weighted by atomic mass is 10.2. The molecule has 3 rings (SSSR count). The van der Waals surface area contributed by atoms with Crippen molar-refractivity contribution < 1.29 is 4.39 Å². The van der Waals surface area contributed by atoms with Crippen LogP contribution in [0.1, 0.15) is 0 Å². The molecule has 0 radical (unpaired) electrons. The summed E-state index contributed by atoms with van der Waals surface area (Å²) in [5.74, 6) is 0.617. The Hall–Kier alpha value is -2.40. The summed E-state index contributed by atoms with van der Waals surface area (Å²) < 4.78 is 13.5. The zero-order valence-corrected chi connectivity index (χ0v) is 11.9. The van der Waals surface area contributed by atoms with Gasteiger partial charge in [-0.3, -0.25) is 0 Å².